The zero-order valence-corrected chi connectivity index (χ0v) is 26.3. The third-order valence-electron chi connectivity index (χ3n) is 8.24. The molecule has 0 spiro atoms. The zero-order chi connectivity index (χ0) is 33.0. The third kappa shape index (κ3) is 7.01. The number of piperazine rings is 1. The number of pyridine rings is 3. The van der Waals surface area contributed by atoms with Crippen molar-refractivity contribution in [1.29, 1.82) is 0 Å². The minimum atomic E-state index is -4.84. The summed E-state index contributed by atoms with van der Waals surface area (Å²) in [6, 6.07) is 9.27. The summed E-state index contributed by atoms with van der Waals surface area (Å²) in [6.45, 7) is 7.03. The first kappa shape index (κ1) is 32.9. The van der Waals surface area contributed by atoms with Crippen LogP contribution in [0.4, 0.5) is 18.9 Å². The average Bonchev–Trinajstić information content (AvgIpc) is 3.05. The Balaban J connectivity index is 1.44. The summed E-state index contributed by atoms with van der Waals surface area (Å²) in [5.41, 5.74) is 0.128. The van der Waals surface area contributed by atoms with Crippen molar-refractivity contribution in [2.45, 2.75) is 32.5 Å². The molecule has 2 aliphatic heterocycles. The number of methoxy groups -OCH3 is 1. The first-order valence-corrected chi connectivity index (χ1v) is 15.3. The maximum atomic E-state index is 13.9. The lowest BCUT2D eigenvalue weighted by atomic mass is 10.0. The van der Waals surface area contributed by atoms with Crippen LogP contribution in [0, 0.1) is 5.92 Å². The lowest BCUT2D eigenvalue weighted by Gasteiger charge is -2.43. The molecular formula is C32H38F3N7O4. The summed E-state index contributed by atoms with van der Waals surface area (Å²) < 4.78 is 52.2. The van der Waals surface area contributed by atoms with Crippen molar-refractivity contribution in [2.75, 3.05) is 64.9 Å². The number of rotatable bonds is 10. The van der Waals surface area contributed by atoms with Gasteiger partial charge in [-0.15, -0.1) is 0 Å². The SMILES string of the molecule is CCOc1ncccc1-c1ccc(N2CCN(C(=O)c3ccc(OC)nc3C(F)(F)F)C[C@H]2CC)c(C(=O)NCC2CN(C)C2)n1. The number of aromatic nitrogens is 3. The highest BCUT2D eigenvalue weighted by molar-refractivity contribution is 5.99. The number of hydrogen-bond acceptors (Lipinski definition) is 9. The van der Waals surface area contributed by atoms with Crippen LogP contribution in [0.2, 0.25) is 0 Å². The minimum absolute atomic E-state index is 0.132. The van der Waals surface area contributed by atoms with Crippen LogP contribution in [0.1, 0.15) is 46.8 Å². The molecular weight excluding hydrogens is 603 g/mol. The number of nitrogens with zero attached hydrogens (tertiary/aromatic N) is 6. The molecule has 2 saturated heterocycles. The van der Waals surface area contributed by atoms with E-state index in [0.29, 0.717) is 48.3 Å². The summed E-state index contributed by atoms with van der Waals surface area (Å²) in [5, 5.41) is 3.04. The summed E-state index contributed by atoms with van der Waals surface area (Å²) in [6.07, 6.45) is -2.66. The molecule has 5 heterocycles. The van der Waals surface area contributed by atoms with Crippen molar-refractivity contribution in [3.63, 3.8) is 0 Å². The highest BCUT2D eigenvalue weighted by atomic mass is 19.4. The van der Waals surface area contributed by atoms with Crippen LogP contribution < -0.4 is 19.7 Å². The molecule has 0 unspecified atom stereocenters. The summed E-state index contributed by atoms with van der Waals surface area (Å²) in [5.74, 6) is -0.585. The summed E-state index contributed by atoms with van der Waals surface area (Å²) in [4.78, 5) is 45.4. The molecule has 1 N–H and O–H groups in total. The van der Waals surface area contributed by atoms with Crippen LogP contribution >= 0.6 is 0 Å². The van der Waals surface area contributed by atoms with Gasteiger partial charge in [0.1, 0.15) is 0 Å². The van der Waals surface area contributed by atoms with Crippen LogP contribution in [0.25, 0.3) is 11.3 Å². The van der Waals surface area contributed by atoms with Gasteiger partial charge in [-0.2, -0.15) is 13.2 Å². The van der Waals surface area contributed by atoms with Gasteiger partial charge in [0.15, 0.2) is 11.4 Å². The first-order valence-electron chi connectivity index (χ1n) is 15.3. The van der Waals surface area contributed by atoms with Crippen LogP contribution in [0.15, 0.2) is 42.6 Å². The highest BCUT2D eigenvalue weighted by Crippen LogP contribution is 2.35. The van der Waals surface area contributed by atoms with Gasteiger partial charge in [0, 0.05) is 63.5 Å². The fourth-order valence-corrected chi connectivity index (χ4v) is 5.94. The van der Waals surface area contributed by atoms with Gasteiger partial charge >= 0.3 is 6.18 Å². The quantitative estimate of drug-likeness (QED) is 0.351. The van der Waals surface area contributed by atoms with E-state index < -0.39 is 23.3 Å². The van der Waals surface area contributed by atoms with E-state index >= 15 is 0 Å². The van der Waals surface area contributed by atoms with Crippen molar-refractivity contribution in [3.8, 4) is 23.0 Å². The number of amides is 2. The lowest BCUT2D eigenvalue weighted by molar-refractivity contribution is -0.141. The van der Waals surface area contributed by atoms with E-state index in [9.17, 15) is 22.8 Å². The first-order chi connectivity index (χ1) is 22.0. The second kappa shape index (κ2) is 13.9. The van der Waals surface area contributed by atoms with E-state index in [1.165, 1.54) is 18.1 Å². The second-order valence-corrected chi connectivity index (χ2v) is 11.4. The number of ether oxygens (including phenoxy) is 2. The number of halogens is 3. The Morgan fingerprint density at radius 1 is 1.04 bits per heavy atom. The molecule has 11 nitrogen and oxygen atoms in total. The molecule has 2 amide bonds. The largest absolute Gasteiger partial charge is 0.481 e. The fourth-order valence-electron chi connectivity index (χ4n) is 5.94. The number of carbonyl (C=O) groups is 2. The maximum absolute atomic E-state index is 13.9. The Bertz CT molecular complexity index is 1560. The third-order valence-corrected chi connectivity index (χ3v) is 8.24. The monoisotopic (exact) mass is 641 g/mol. The number of hydrogen-bond donors (Lipinski definition) is 1. The molecule has 0 aliphatic carbocycles. The molecule has 0 radical (unpaired) electrons. The molecule has 2 fully saturated rings. The van der Waals surface area contributed by atoms with Crippen molar-refractivity contribution >= 4 is 17.5 Å². The van der Waals surface area contributed by atoms with Crippen molar-refractivity contribution in [1.82, 2.24) is 30.1 Å². The van der Waals surface area contributed by atoms with Gasteiger partial charge < -0.3 is 29.5 Å². The van der Waals surface area contributed by atoms with Crippen molar-refractivity contribution < 1.29 is 32.2 Å². The van der Waals surface area contributed by atoms with Crippen LogP contribution in [0.5, 0.6) is 11.8 Å². The van der Waals surface area contributed by atoms with E-state index in [0.717, 1.165) is 19.2 Å². The topological polar surface area (TPSA) is 113 Å². The molecule has 1 atom stereocenters. The lowest BCUT2D eigenvalue weighted by Crippen LogP contribution is -2.55. The molecule has 14 heteroatoms. The van der Waals surface area contributed by atoms with Gasteiger partial charge in [0.05, 0.1) is 36.2 Å². The van der Waals surface area contributed by atoms with Gasteiger partial charge in [-0.25, -0.2) is 15.0 Å². The van der Waals surface area contributed by atoms with E-state index in [1.54, 1.807) is 18.3 Å². The van der Waals surface area contributed by atoms with E-state index in [4.69, 9.17) is 14.5 Å². The molecule has 0 saturated carbocycles. The smallest absolute Gasteiger partial charge is 0.434 e. The van der Waals surface area contributed by atoms with Crippen LogP contribution in [-0.2, 0) is 6.18 Å². The standard InChI is InChI=1S/C32H38F3N7O4/c1-5-21-19-41(31(44)23-9-12-26(45-4)39-28(23)32(33,34)35)14-15-42(21)25-11-10-24(22-8-7-13-36-30(22)46-6-2)38-27(25)29(43)37-16-20-17-40(3)18-20/h7-13,20-21H,5-6,14-19H2,1-4H3,(H,37,43)/t21-/m1/s1. The summed E-state index contributed by atoms with van der Waals surface area (Å²) in [7, 11) is 3.24. The number of carbonyl (C=O) groups excluding carboxylic acids is 2. The van der Waals surface area contributed by atoms with Crippen LogP contribution in [0.3, 0.4) is 0 Å². The molecule has 3 aromatic rings. The maximum Gasteiger partial charge on any atom is 0.434 e. The Kier molecular flexibility index (Phi) is 9.94. The van der Waals surface area contributed by atoms with Gasteiger partial charge in [0.25, 0.3) is 11.8 Å². The molecule has 246 valence electrons. The van der Waals surface area contributed by atoms with Gasteiger partial charge in [-0.3, -0.25) is 9.59 Å². The molecule has 0 aromatic carbocycles. The number of anilines is 1. The molecule has 0 bridgehead atoms. The Morgan fingerprint density at radius 3 is 2.50 bits per heavy atom. The Morgan fingerprint density at radius 2 is 1.83 bits per heavy atom. The number of alkyl halides is 3. The minimum Gasteiger partial charge on any atom is -0.481 e. The predicted octanol–water partition coefficient (Wildman–Crippen LogP) is 4.00. The van der Waals surface area contributed by atoms with E-state index in [-0.39, 0.29) is 43.2 Å². The van der Waals surface area contributed by atoms with Crippen LogP contribution in [-0.4, -0.2) is 103 Å². The Labute approximate surface area is 265 Å². The Hall–Kier alpha value is -4.46. The molecule has 46 heavy (non-hydrogen) atoms. The molecule has 3 aromatic heterocycles. The van der Waals surface area contributed by atoms with E-state index in [2.05, 4.69) is 20.2 Å². The summed E-state index contributed by atoms with van der Waals surface area (Å²) >= 11 is 0. The number of likely N-dealkylation sites (tertiary alicyclic amines) is 1. The van der Waals surface area contributed by atoms with Gasteiger partial charge in [0.2, 0.25) is 11.8 Å². The normalized spacial score (nSPS) is 17.4. The second-order valence-electron chi connectivity index (χ2n) is 11.4. The zero-order valence-electron chi connectivity index (χ0n) is 26.3. The van der Waals surface area contributed by atoms with Gasteiger partial charge in [-0.1, -0.05) is 6.92 Å². The van der Waals surface area contributed by atoms with Crippen molar-refractivity contribution in [2.24, 2.45) is 5.92 Å². The predicted molar refractivity (Wildman–Crippen MR) is 165 cm³/mol. The van der Waals surface area contributed by atoms with Gasteiger partial charge in [-0.05, 0) is 50.7 Å². The fraction of sp³-hybridized carbons (Fsp3) is 0.469. The van der Waals surface area contributed by atoms with E-state index in [1.807, 2.05) is 37.9 Å². The number of nitrogens with one attached hydrogen (secondary N) is 1. The molecule has 5 rings (SSSR count). The van der Waals surface area contributed by atoms with Crippen molar-refractivity contribution in [3.05, 3.63) is 59.5 Å². The highest BCUT2D eigenvalue weighted by Gasteiger charge is 2.40. The average molecular weight is 642 g/mol. The molecule has 2 aliphatic rings.